The average Bonchev–Trinajstić information content (AvgIpc) is 3.22. The summed E-state index contributed by atoms with van der Waals surface area (Å²) in [6, 6.07) is 9.43. The Labute approximate surface area is 138 Å². The molecule has 3 aromatic rings. The molecule has 0 N–H and O–H groups in total. The number of aryl methyl sites for hydroxylation is 1. The van der Waals surface area contributed by atoms with Crippen molar-refractivity contribution in [3.8, 4) is 11.4 Å². The molecule has 0 aliphatic heterocycles. The maximum Gasteiger partial charge on any atom is 0.377 e. The highest BCUT2D eigenvalue weighted by Crippen LogP contribution is 2.20. The Hall–Kier alpha value is -2.96. The number of carbonyl (C=O) groups excluding carboxylic acids is 1. The van der Waals surface area contributed by atoms with Gasteiger partial charge in [0.25, 0.3) is 5.89 Å². The topological polar surface area (TPSA) is 91.2 Å². The predicted octanol–water partition coefficient (Wildman–Crippen LogP) is 3.51. The molecular weight excluding hydrogens is 310 g/mol. The second-order valence-corrected chi connectivity index (χ2v) is 5.70. The van der Waals surface area contributed by atoms with Crippen LogP contribution in [0.25, 0.3) is 11.4 Å². The fourth-order valence-electron chi connectivity index (χ4n) is 2.11. The van der Waals surface area contributed by atoms with Crippen LogP contribution in [-0.4, -0.2) is 21.3 Å². The molecule has 7 nitrogen and oxygen atoms in total. The van der Waals surface area contributed by atoms with E-state index in [0.717, 1.165) is 5.56 Å². The van der Waals surface area contributed by atoms with Crippen molar-refractivity contribution >= 4 is 5.97 Å². The van der Waals surface area contributed by atoms with E-state index >= 15 is 0 Å². The van der Waals surface area contributed by atoms with Crippen molar-refractivity contribution in [3.05, 3.63) is 53.2 Å². The van der Waals surface area contributed by atoms with Crippen LogP contribution in [0.1, 0.15) is 47.5 Å². The van der Waals surface area contributed by atoms with Gasteiger partial charge in [-0.2, -0.15) is 4.98 Å². The van der Waals surface area contributed by atoms with E-state index in [4.69, 9.17) is 13.8 Å². The van der Waals surface area contributed by atoms with Gasteiger partial charge in [0.1, 0.15) is 0 Å². The van der Waals surface area contributed by atoms with E-state index in [1.807, 2.05) is 24.3 Å². The van der Waals surface area contributed by atoms with E-state index in [0.29, 0.717) is 17.4 Å². The minimum Gasteiger partial charge on any atom is -0.450 e. The van der Waals surface area contributed by atoms with Gasteiger partial charge in [-0.3, -0.25) is 0 Å². The molecule has 7 heteroatoms. The van der Waals surface area contributed by atoms with Gasteiger partial charge in [-0.05, 0) is 18.4 Å². The summed E-state index contributed by atoms with van der Waals surface area (Å²) in [4.78, 5) is 16.0. The Balaban J connectivity index is 1.64. The molecule has 0 radical (unpaired) electrons. The van der Waals surface area contributed by atoms with E-state index in [1.54, 1.807) is 6.92 Å². The molecule has 3 rings (SSSR count). The van der Waals surface area contributed by atoms with Crippen LogP contribution in [-0.2, 0) is 11.3 Å². The summed E-state index contributed by atoms with van der Waals surface area (Å²) in [5, 5.41) is 7.53. The summed E-state index contributed by atoms with van der Waals surface area (Å²) >= 11 is 0. The zero-order valence-corrected chi connectivity index (χ0v) is 13.6. The van der Waals surface area contributed by atoms with Crippen LogP contribution in [0.4, 0.5) is 0 Å². The fourth-order valence-corrected chi connectivity index (χ4v) is 2.11. The van der Waals surface area contributed by atoms with E-state index < -0.39 is 5.97 Å². The first-order chi connectivity index (χ1) is 11.5. The van der Waals surface area contributed by atoms with Gasteiger partial charge in [0.15, 0.2) is 6.61 Å². The van der Waals surface area contributed by atoms with Crippen molar-refractivity contribution in [1.29, 1.82) is 0 Å². The number of hydrogen-bond acceptors (Lipinski definition) is 7. The smallest absolute Gasteiger partial charge is 0.377 e. The third-order valence-electron chi connectivity index (χ3n) is 3.46. The second kappa shape index (κ2) is 6.66. The van der Waals surface area contributed by atoms with Gasteiger partial charge in [0.2, 0.25) is 11.6 Å². The molecule has 2 heterocycles. The molecule has 2 aromatic heterocycles. The largest absolute Gasteiger partial charge is 0.450 e. The Morgan fingerprint density at radius 2 is 1.92 bits per heavy atom. The summed E-state index contributed by atoms with van der Waals surface area (Å²) < 4.78 is 15.0. The van der Waals surface area contributed by atoms with Crippen LogP contribution in [0.5, 0.6) is 0 Å². The number of benzene rings is 1. The molecule has 0 fully saturated rings. The third-order valence-corrected chi connectivity index (χ3v) is 3.46. The van der Waals surface area contributed by atoms with Crippen molar-refractivity contribution in [1.82, 2.24) is 15.3 Å². The van der Waals surface area contributed by atoms with E-state index in [9.17, 15) is 4.79 Å². The molecular formula is C17H17N3O4. The van der Waals surface area contributed by atoms with Crippen LogP contribution >= 0.6 is 0 Å². The molecule has 0 aliphatic rings. The predicted molar refractivity (Wildman–Crippen MR) is 84.2 cm³/mol. The van der Waals surface area contributed by atoms with Crippen molar-refractivity contribution in [2.75, 3.05) is 0 Å². The molecule has 0 bridgehead atoms. The minimum atomic E-state index is -0.628. The van der Waals surface area contributed by atoms with Crippen LogP contribution in [0, 0.1) is 6.92 Å². The molecule has 0 saturated carbocycles. The maximum atomic E-state index is 11.8. The zero-order valence-electron chi connectivity index (χ0n) is 13.6. The lowest BCUT2D eigenvalue weighted by Gasteiger charge is -2.04. The van der Waals surface area contributed by atoms with E-state index in [2.05, 4.69) is 29.1 Å². The number of rotatable bonds is 5. The van der Waals surface area contributed by atoms with Crippen molar-refractivity contribution < 1.29 is 18.6 Å². The Morgan fingerprint density at radius 1 is 1.17 bits per heavy atom. The summed E-state index contributed by atoms with van der Waals surface area (Å²) in [7, 11) is 0. The monoisotopic (exact) mass is 327 g/mol. The molecule has 24 heavy (non-hydrogen) atoms. The fraction of sp³-hybridized carbons (Fsp3) is 0.294. The number of aromatic nitrogens is 3. The van der Waals surface area contributed by atoms with Crippen LogP contribution in [0.2, 0.25) is 0 Å². The summed E-state index contributed by atoms with van der Waals surface area (Å²) in [5.41, 5.74) is 2.68. The molecule has 0 atom stereocenters. The van der Waals surface area contributed by atoms with Gasteiger partial charge >= 0.3 is 5.97 Å². The van der Waals surface area contributed by atoms with Gasteiger partial charge in [0.05, 0.1) is 5.69 Å². The summed E-state index contributed by atoms with van der Waals surface area (Å²) in [6.45, 7) is 5.85. The molecule has 1 aromatic carbocycles. The zero-order chi connectivity index (χ0) is 17.1. The Morgan fingerprint density at radius 3 is 2.54 bits per heavy atom. The van der Waals surface area contributed by atoms with Crippen LogP contribution in [0.15, 0.2) is 39.4 Å². The van der Waals surface area contributed by atoms with Crippen molar-refractivity contribution in [2.45, 2.75) is 33.3 Å². The normalized spacial score (nSPS) is 11.0. The van der Waals surface area contributed by atoms with Gasteiger partial charge in [-0.1, -0.05) is 48.4 Å². The van der Waals surface area contributed by atoms with Crippen molar-refractivity contribution in [2.24, 2.45) is 0 Å². The van der Waals surface area contributed by atoms with E-state index in [-0.39, 0.29) is 18.3 Å². The first-order valence-electron chi connectivity index (χ1n) is 7.56. The first-order valence-corrected chi connectivity index (χ1v) is 7.56. The Bertz CT molecular complexity index is 834. The number of nitrogens with zero attached hydrogens (tertiary/aromatic N) is 3. The number of hydrogen-bond donors (Lipinski definition) is 0. The van der Waals surface area contributed by atoms with Crippen LogP contribution < -0.4 is 0 Å². The van der Waals surface area contributed by atoms with Gasteiger partial charge in [-0.25, -0.2) is 4.79 Å². The molecule has 0 saturated heterocycles. The maximum absolute atomic E-state index is 11.8. The molecule has 124 valence electrons. The van der Waals surface area contributed by atoms with Gasteiger partial charge in [-0.15, -0.1) is 0 Å². The first kappa shape index (κ1) is 15.9. The lowest BCUT2D eigenvalue weighted by Crippen LogP contribution is -2.04. The minimum absolute atomic E-state index is 0.0384. The molecule has 0 unspecified atom stereocenters. The third kappa shape index (κ3) is 3.51. The highest BCUT2D eigenvalue weighted by molar-refractivity contribution is 5.86. The standard InChI is InChI=1S/C17H17N3O4/c1-10(2)12-4-6-13(7-5-12)16-18-15(24-20-16)9-22-17(21)14-8-11(3)19-23-14/h4-8,10H,9H2,1-3H3. The van der Waals surface area contributed by atoms with Crippen LogP contribution in [0.3, 0.4) is 0 Å². The lowest BCUT2D eigenvalue weighted by molar-refractivity contribution is 0.0383. The van der Waals surface area contributed by atoms with Gasteiger partial charge in [0, 0.05) is 11.6 Å². The van der Waals surface area contributed by atoms with Gasteiger partial charge < -0.3 is 13.8 Å². The lowest BCUT2D eigenvalue weighted by atomic mass is 10.0. The Kier molecular flexibility index (Phi) is 4.41. The highest BCUT2D eigenvalue weighted by Gasteiger charge is 2.16. The summed E-state index contributed by atoms with van der Waals surface area (Å²) in [6.07, 6.45) is 0. The molecule has 0 spiro atoms. The second-order valence-electron chi connectivity index (χ2n) is 5.70. The number of ether oxygens (including phenoxy) is 1. The summed E-state index contributed by atoms with van der Waals surface area (Å²) in [5.74, 6) is 0.529. The van der Waals surface area contributed by atoms with E-state index in [1.165, 1.54) is 11.6 Å². The quantitative estimate of drug-likeness (QED) is 0.662. The molecule has 0 amide bonds. The van der Waals surface area contributed by atoms with Crippen molar-refractivity contribution in [3.63, 3.8) is 0 Å². The molecule has 0 aliphatic carbocycles. The number of esters is 1. The average molecular weight is 327 g/mol. The SMILES string of the molecule is Cc1cc(C(=O)OCc2nc(-c3ccc(C(C)C)cc3)no2)on1. The highest BCUT2D eigenvalue weighted by atomic mass is 16.6. The number of carbonyl (C=O) groups is 1.